The highest BCUT2D eigenvalue weighted by Crippen LogP contribution is 2.20. The van der Waals surface area contributed by atoms with Crippen LogP contribution in [0.3, 0.4) is 0 Å². The van der Waals surface area contributed by atoms with Crippen LogP contribution in [0.1, 0.15) is 19.3 Å². The average Bonchev–Trinajstić information content (AvgIpc) is 3.43. The van der Waals surface area contributed by atoms with Gasteiger partial charge in [-0.3, -0.25) is 4.79 Å². The van der Waals surface area contributed by atoms with Crippen molar-refractivity contribution >= 4 is 51.5 Å². The molecule has 0 atom stereocenters. The van der Waals surface area contributed by atoms with Gasteiger partial charge in [0.25, 0.3) is 0 Å². The number of thiol groups is 1. The Bertz CT molecular complexity index is 1080. The molecule has 2 aromatic carbocycles. The van der Waals surface area contributed by atoms with E-state index in [-0.39, 0.29) is 5.91 Å². The summed E-state index contributed by atoms with van der Waals surface area (Å²) in [7, 11) is 2.06. The molecule has 1 aromatic heterocycles. The third kappa shape index (κ3) is 5.57. The maximum Gasteiger partial charge on any atom is 0.225 e. The third-order valence-corrected chi connectivity index (χ3v) is 6.77. The number of carbonyl (C=O) groups excluding carboxylic acids is 1. The van der Waals surface area contributed by atoms with Crippen LogP contribution in [0.25, 0.3) is 10.2 Å². The Hall–Kier alpha value is -2.13. The molecule has 1 amide bonds. The number of rotatable bonds is 8. The van der Waals surface area contributed by atoms with E-state index in [4.69, 9.17) is 4.99 Å². The normalized spacial score (nSPS) is 15.3. The average molecular weight is 456 g/mol. The molecule has 1 aliphatic rings. The fourth-order valence-electron chi connectivity index (χ4n) is 3.82. The molecule has 31 heavy (non-hydrogen) atoms. The first-order valence-electron chi connectivity index (χ1n) is 10.7. The second-order valence-corrected chi connectivity index (χ2v) is 9.18. The lowest BCUT2D eigenvalue weighted by Gasteiger charge is -2.27. The van der Waals surface area contributed by atoms with Gasteiger partial charge in [0.05, 0.1) is 15.9 Å². The van der Waals surface area contributed by atoms with Crippen LogP contribution in [-0.4, -0.2) is 52.9 Å². The predicted octanol–water partition coefficient (Wildman–Crippen LogP) is 4.14. The number of nitrogens with zero attached hydrogens (tertiary/aromatic N) is 4. The van der Waals surface area contributed by atoms with Gasteiger partial charge in [-0.1, -0.05) is 23.5 Å². The summed E-state index contributed by atoms with van der Waals surface area (Å²) in [5, 5.41) is 7.48. The summed E-state index contributed by atoms with van der Waals surface area (Å²) >= 11 is 6.08. The quantitative estimate of drug-likeness (QED) is 0.502. The number of para-hydroxylation sites is 1. The highest BCUT2D eigenvalue weighted by Gasteiger charge is 2.16. The zero-order chi connectivity index (χ0) is 21.6. The lowest BCUT2D eigenvalue weighted by molar-refractivity contribution is -0.117. The molecule has 0 saturated carbocycles. The van der Waals surface area contributed by atoms with Gasteiger partial charge in [0.1, 0.15) is 0 Å². The monoisotopic (exact) mass is 455 g/mol. The molecule has 4 rings (SSSR count). The number of hydrazine groups is 1. The van der Waals surface area contributed by atoms with Gasteiger partial charge in [-0.2, -0.15) is 12.6 Å². The Balaban J connectivity index is 1.41. The van der Waals surface area contributed by atoms with E-state index in [0.29, 0.717) is 6.42 Å². The lowest BCUT2D eigenvalue weighted by atomic mass is 10.2. The molecule has 6 nitrogen and oxygen atoms in total. The number of aromatic nitrogens is 1. The van der Waals surface area contributed by atoms with E-state index < -0.39 is 0 Å². The van der Waals surface area contributed by atoms with E-state index in [1.165, 1.54) is 23.1 Å². The number of fused-ring (bicyclic) bond motifs is 1. The number of nitrogens with one attached hydrogen (secondary N) is 1. The first-order chi connectivity index (χ1) is 15.1. The van der Waals surface area contributed by atoms with E-state index >= 15 is 0 Å². The molecule has 2 heterocycles. The van der Waals surface area contributed by atoms with Crippen LogP contribution in [0.2, 0.25) is 0 Å². The molecule has 8 heteroatoms. The number of hydrogen-bond acceptors (Lipinski definition) is 6. The molecule has 1 saturated heterocycles. The van der Waals surface area contributed by atoms with Crippen molar-refractivity contribution in [3.63, 3.8) is 0 Å². The number of aryl methyl sites for hydroxylation is 1. The molecule has 1 fully saturated rings. The third-order valence-electron chi connectivity index (χ3n) is 5.52. The first-order valence-corrected chi connectivity index (χ1v) is 12.2. The number of benzene rings is 2. The van der Waals surface area contributed by atoms with Crippen LogP contribution in [0.15, 0.2) is 53.5 Å². The first kappa shape index (κ1) is 22.1. The van der Waals surface area contributed by atoms with Crippen molar-refractivity contribution in [2.75, 3.05) is 37.8 Å². The predicted molar refractivity (Wildman–Crippen MR) is 132 cm³/mol. The molecule has 0 aliphatic carbocycles. The van der Waals surface area contributed by atoms with Crippen molar-refractivity contribution in [3.05, 3.63) is 53.3 Å². The largest absolute Gasteiger partial charge is 0.326 e. The minimum absolute atomic E-state index is 0.0341. The lowest BCUT2D eigenvalue weighted by Crippen LogP contribution is -2.39. The van der Waals surface area contributed by atoms with Gasteiger partial charge in [0.15, 0.2) is 4.80 Å². The molecule has 0 unspecified atom stereocenters. The van der Waals surface area contributed by atoms with Crippen molar-refractivity contribution < 1.29 is 4.79 Å². The number of thiazole rings is 1. The molecule has 3 aromatic rings. The van der Waals surface area contributed by atoms with E-state index in [1.54, 1.807) is 11.3 Å². The van der Waals surface area contributed by atoms with Gasteiger partial charge in [0.2, 0.25) is 5.91 Å². The van der Waals surface area contributed by atoms with Gasteiger partial charge in [0, 0.05) is 51.1 Å². The SMILES string of the molecule is CN(CCC(=O)Nc1ccc(N=c2sc3ccccc3n2CCS)cc1)N1CCCC1. The molecule has 1 N–H and O–H groups in total. The minimum Gasteiger partial charge on any atom is -0.326 e. The number of anilines is 1. The Morgan fingerprint density at radius 3 is 2.65 bits per heavy atom. The van der Waals surface area contributed by atoms with Gasteiger partial charge in [-0.15, -0.1) is 0 Å². The van der Waals surface area contributed by atoms with Gasteiger partial charge >= 0.3 is 0 Å². The summed E-state index contributed by atoms with van der Waals surface area (Å²) in [6.45, 7) is 3.73. The van der Waals surface area contributed by atoms with Crippen LogP contribution in [-0.2, 0) is 11.3 Å². The molecule has 164 valence electrons. The number of carbonyl (C=O) groups is 1. The molecule has 1 aliphatic heterocycles. The molecular formula is C23H29N5OS2. The zero-order valence-electron chi connectivity index (χ0n) is 17.8. The van der Waals surface area contributed by atoms with E-state index in [2.05, 4.69) is 51.7 Å². The Morgan fingerprint density at radius 1 is 1.16 bits per heavy atom. The summed E-state index contributed by atoms with van der Waals surface area (Å²) in [5.74, 6) is 0.790. The number of amides is 1. The van der Waals surface area contributed by atoms with Crippen LogP contribution >= 0.6 is 24.0 Å². The molecule has 0 spiro atoms. The second kappa shape index (κ2) is 10.5. The van der Waals surface area contributed by atoms with Crippen LogP contribution in [0, 0.1) is 0 Å². The maximum absolute atomic E-state index is 12.3. The fourth-order valence-corrected chi connectivity index (χ4v) is 5.10. The molecule has 0 radical (unpaired) electrons. The van der Waals surface area contributed by atoms with E-state index in [1.807, 2.05) is 36.4 Å². The Morgan fingerprint density at radius 2 is 1.90 bits per heavy atom. The second-order valence-electron chi connectivity index (χ2n) is 7.73. The summed E-state index contributed by atoms with van der Waals surface area (Å²) in [4.78, 5) is 18.1. The summed E-state index contributed by atoms with van der Waals surface area (Å²) in [6, 6.07) is 16.1. The molecule has 0 bridgehead atoms. The van der Waals surface area contributed by atoms with E-state index in [9.17, 15) is 4.79 Å². The minimum atomic E-state index is 0.0341. The molecular weight excluding hydrogens is 426 g/mol. The van der Waals surface area contributed by atoms with Crippen molar-refractivity contribution in [1.82, 2.24) is 14.6 Å². The van der Waals surface area contributed by atoms with Crippen LogP contribution < -0.4 is 10.1 Å². The summed E-state index contributed by atoms with van der Waals surface area (Å²) in [5.41, 5.74) is 2.85. The van der Waals surface area contributed by atoms with Crippen molar-refractivity contribution in [1.29, 1.82) is 0 Å². The highest BCUT2D eigenvalue weighted by molar-refractivity contribution is 7.80. The maximum atomic E-state index is 12.3. The summed E-state index contributed by atoms with van der Waals surface area (Å²) in [6.07, 6.45) is 2.96. The Labute approximate surface area is 192 Å². The number of hydrogen-bond donors (Lipinski definition) is 2. The zero-order valence-corrected chi connectivity index (χ0v) is 19.5. The Kier molecular flexibility index (Phi) is 7.45. The van der Waals surface area contributed by atoms with Crippen LogP contribution in [0.5, 0.6) is 0 Å². The van der Waals surface area contributed by atoms with Gasteiger partial charge in [-0.05, 0) is 49.2 Å². The van der Waals surface area contributed by atoms with Gasteiger partial charge in [-0.25, -0.2) is 15.0 Å². The topological polar surface area (TPSA) is 52.9 Å². The van der Waals surface area contributed by atoms with Crippen molar-refractivity contribution in [2.24, 2.45) is 4.99 Å². The standard InChI is InChI=1S/C23H29N5OS2/c1-26(27-13-4-5-14-27)15-12-22(29)24-18-8-10-19(11-9-18)25-23-28(16-17-30)20-6-2-3-7-21(20)31-23/h2-3,6-11,30H,4-5,12-17H2,1H3,(H,24,29). The summed E-state index contributed by atoms with van der Waals surface area (Å²) < 4.78 is 3.42. The highest BCUT2D eigenvalue weighted by atomic mass is 32.1. The fraction of sp³-hybridized carbons (Fsp3) is 0.391. The van der Waals surface area contributed by atoms with Crippen molar-refractivity contribution in [2.45, 2.75) is 25.8 Å². The van der Waals surface area contributed by atoms with Crippen molar-refractivity contribution in [3.8, 4) is 0 Å². The smallest absolute Gasteiger partial charge is 0.225 e. The van der Waals surface area contributed by atoms with Gasteiger partial charge < -0.3 is 9.88 Å². The van der Waals surface area contributed by atoms with E-state index in [0.717, 1.165) is 48.1 Å². The van der Waals surface area contributed by atoms with Crippen LogP contribution in [0.4, 0.5) is 11.4 Å².